The normalized spacial score (nSPS) is 12.2. The third-order valence-corrected chi connectivity index (χ3v) is 5.32. The summed E-state index contributed by atoms with van der Waals surface area (Å²) in [7, 11) is -3.39. The maximum Gasteiger partial charge on any atom is 0.216 e. The number of rotatable bonds is 9. The zero-order valence-electron chi connectivity index (χ0n) is 16.6. The molecule has 3 N–H and O–H groups in total. The first-order valence-electron chi connectivity index (χ1n) is 9.38. The Balaban J connectivity index is 2.09. The summed E-state index contributed by atoms with van der Waals surface area (Å²) in [6.45, 7) is 7.28. The first kappa shape index (κ1) is 21.8. The van der Waals surface area contributed by atoms with Gasteiger partial charge in [0.1, 0.15) is 0 Å². The average molecular weight is 404 g/mol. The van der Waals surface area contributed by atoms with Gasteiger partial charge < -0.3 is 10.6 Å². The fraction of sp³-hybridized carbons (Fsp3) is 0.400. The summed E-state index contributed by atoms with van der Waals surface area (Å²) in [5.74, 6) is 0.598. The second-order valence-corrected chi connectivity index (χ2v) is 8.42. The Morgan fingerprint density at radius 1 is 1.07 bits per heavy atom. The molecule has 0 saturated heterocycles. The molecular weight excluding hydrogens is 374 g/mol. The molecule has 0 unspecified atom stereocenters. The van der Waals surface area contributed by atoms with Crippen molar-refractivity contribution in [3.05, 3.63) is 65.5 Å². The van der Waals surface area contributed by atoms with E-state index in [1.54, 1.807) is 6.20 Å². The van der Waals surface area contributed by atoms with Gasteiger partial charge in [-0.3, -0.25) is 4.98 Å². The molecule has 0 atom stereocenters. The van der Waals surface area contributed by atoms with E-state index in [0.29, 0.717) is 19.0 Å². The Bertz CT molecular complexity index is 867. The van der Waals surface area contributed by atoms with Crippen LogP contribution in [0.25, 0.3) is 0 Å². The maximum atomic E-state index is 12.3. The van der Waals surface area contributed by atoms with Crippen molar-refractivity contribution < 1.29 is 8.42 Å². The van der Waals surface area contributed by atoms with Crippen molar-refractivity contribution in [3.8, 4) is 0 Å². The number of nitrogens with one attached hydrogen (secondary N) is 3. The van der Waals surface area contributed by atoms with E-state index >= 15 is 0 Å². The van der Waals surface area contributed by atoms with E-state index in [0.717, 1.165) is 23.4 Å². The number of aromatic nitrogens is 1. The van der Waals surface area contributed by atoms with Crippen LogP contribution in [-0.2, 0) is 28.9 Å². The van der Waals surface area contributed by atoms with Gasteiger partial charge in [-0.05, 0) is 44.0 Å². The predicted molar refractivity (Wildman–Crippen MR) is 113 cm³/mol. The van der Waals surface area contributed by atoms with E-state index in [-0.39, 0.29) is 11.8 Å². The molecule has 0 fully saturated rings. The van der Waals surface area contributed by atoms with Crippen molar-refractivity contribution in [2.24, 2.45) is 4.99 Å². The zero-order valence-corrected chi connectivity index (χ0v) is 17.5. The number of guanidine groups is 1. The van der Waals surface area contributed by atoms with E-state index in [4.69, 9.17) is 0 Å². The zero-order chi connectivity index (χ0) is 20.4. The number of aliphatic imine (C=N–C) groups is 1. The molecule has 0 amide bonds. The first-order valence-corrected chi connectivity index (χ1v) is 11.0. The molecule has 0 spiro atoms. The van der Waals surface area contributed by atoms with E-state index in [2.05, 4.69) is 25.3 Å². The number of pyridine rings is 1. The molecular formula is C20H29N5O2S. The molecule has 0 bridgehead atoms. The fourth-order valence-corrected chi connectivity index (χ4v) is 4.13. The highest BCUT2D eigenvalue weighted by Gasteiger charge is 2.15. The number of benzene rings is 1. The molecule has 1 aromatic heterocycles. The summed E-state index contributed by atoms with van der Waals surface area (Å²) in [6, 6.07) is 13.1. The van der Waals surface area contributed by atoms with Crippen LogP contribution in [0.1, 0.15) is 37.6 Å². The van der Waals surface area contributed by atoms with Crippen molar-refractivity contribution >= 4 is 16.0 Å². The number of nitrogens with zero attached hydrogens (tertiary/aromatic N) is 2. The van der Waals surface area contributed by atoms with Crippen LogP contribution in [-0.4, -0.2) is 31.9 Å². The van der Waals surface area contributed by atoms with Crippen LogP contribution in [0.5, 0.6) is 0 Å². The van der Waals surface area contributed by atoms with Gasteiger partial charge in [-0.1, -0.05) is 30.3 Å². The second kappa shape index (κ2) is 10.8. The molecule has 0 aliphatic carbocycles. The first-order chi connectivity index (χ1) is 13.4. The summed E-state index contributed by atoms with van der Waals surface area (Å²) in [5, 5.41) is 6.44. The maximum absolute atomic E-state index is 12.3. The molecule has 0 aliphatic rings. The van der Waals surface area contributed by atoms with Crippen LogP contribution >= 0.6 is 0 Å². The van der Waals surface area contributed by atoms with Crippen molar-refractivity contribution in [3.63, 3.8) is 0 Å². The fourth-order valence-electron chi connectivity index (χ4n) is 2.64. The van der Waals surface area contributed by atoms with Crippen molar-refractivity contribution in [1.82, 2.24) is 20.3 Å². The lowest BCUT2D eigenvalue weighted by atomic mass is 10.1. The minimum absolute atomic E-state index is 0.0607. The van der Waals surface area contributed by atoms with E-state index in [9.17, 15) is 8.42 Å². The van der Waals surface area contributed by atoms with Gasteiger partial charge in [0.2, 0.25) is 10.0 Å². The second-order valence-electron chi connectivity index (χ2n) is 6.67. The third-order valence-electron chi connectivity index (χ3n) is 3.79. The van der Waals surface area contributed by atoms with Gasteiger partial charge in [-0.2, -0.15) is 0 Å². The monoisotopic (exact) mass is 403 g/mol. The SMILES string of the molecule is CCNC(=NCc1ccccc1CS(=O)(=O)NC(C)C)NCc1ccccn1. The molecule has 0 saturated carbocycles. The molecule has 2 rings (SSSR count). The molecule has 0 radical (unpaired) electrons. The molecule has 7 nitrogen and oxygen atoms in total. The summed E-state index contributed by atoms with van der Waals surface area (Å²) >= 11 is 0. The van der Waals surface area contributed by atoms with Gasteiger partial charge in [0.25, 0.3) is 0 Å². The van der Waals surface area contributed by atoms with Crippen molar-refractivity contribution in [1.29, 1.82) is 0 Å². The van der Waals surface area contributed by atoms with Crippen LogP contribution in [0.3, 0.4) is 0 Å². The minimum Gasteiger partial charge on any atom is -0.357 e. The molecule has 152 valence electrons. The van der Waals surface area contributed by atoms with Crippen LogP contribution in [0.4, 0.5) is 0 Å². The lowest BCUT2D eigenvalue weighted by molar-refractivity contribution is 0.569. The Morgan fingerprint density at radius 2 is 1.79 bits per heavy atom. The van der Waals surface area contributed by atoms with Crippen molar-refractivity contribution in [2.75, 3.05) is 6.54 Å². The van der Waals surface area contributed by atoms with Crippen molar-refractivity contribution in [2.45, 2.75) is 45.7 Å². The standard InChI is InChI=1S/C20H29N5O2S/c1-4-21-20(24-14-19-11-7-8-12-22-19)23-13-17-9-5-6-10-18(17)15-28(26,27)25-16(2)3/h5-12,16,25H,4,13-15H2,1-3H3,(H2,21,23,24). The molecule has 2 aromatic rings. The number of hydrogen-bond donors (Lipinski definition) is 3. The highest BCUT2D eigenvalue weighted by molar-refractivity contribution is 7.88. The summed E-state index contributed by atoms with van der Waals surface area (Å²) in [5.41, 5.74) is 2.55. The van der Waals surface area contributed by atoms with Crippen LogP contribution in [0.2, 0.25) is 0 Å². The highest BCUT2D eigenvalue weighted by Crippen LogP contribution is 2.13. The molecule has 28 heavy (non-hydrogen) atoms. The Labute approximate surface area is 167 Å². The van der Waals surface area contributed by atoms with Gasteiger partial charge >= 0.3 is 0 Å². The Kier molecular flexibility index (Phi) is 8.41. The largest absolute Gasteiger partial charge is 0.357 e. The molecule has 1 aromatic carbocycles. The lowest BCUT2D eigenvalue weighted by Crippen LogP contribution is -2.37. The van der Waals surface area contributed by atoms with Crippen LogP contribution in [0.15, 0.2) is 53.7 Å². The van der Waals surface area contributed by atoms with Crippen LogP contribution < -0.4 is 15.4 Å². The van der Waals surface area contributed by atoms with Gasteiger partial charge in [-0.15, -0.1) is 0 Å². The quantitative estimate of drug-likeness (QED) is 0.441. The lowest BCUT2D eigenvalue weighted by Gasteiger charge is -2.13. The van der Waals surface area contributed by atoms with Gasteiger partial charge in [0, 0.05) is 18.8 Å². The third kappa shape index (κ3) is 7.66. The topological polar surface area (TPSA) is 95.5 Å². The summed E-state index contributed by atoms with van der Waals surface area (Å²) in [6.07, 6.45) is 1.75. The minimum atomic E-state index is -3.39. The van der Waals surface area contributed by atoms with E-state index in [1.807, 2.05) is 63.2 Å². The number of hydrogen-bond acceptors (Lipinski definition) is 4. The number of sulfonamides is 1. The predicted octanol–water partition coefficient (Wildman–Crippen LogP) is 2.16. The molecule has 1 heterocycles. The van der Waals surface area contributed by atoms with Gasteiger partial charge in [0.05, 0.1) is 24.5 Å². The average Bonchev–Trinajstić information content (AvgIpc) is 2.64. The van der Waals surface area contributed by atoms with Crippen LogP contribution in [0, 0.1) is 0 Å². The van der Waals surface area contributed by atoms with Gasteiger partial charge in [-0.25, -0.2) is 18.1 Å². The summed E-state index contributed by atoms with van der Waals surface area (Å²) in [4.78, 5) is 8.89. The molecule has 8 heteroatoms. The van der Waals surface area contributed by atoms with E-state index < -0.39 is 10.0 Å². The Hall–Kier alpha value is -2.45. The highest BCUT2D eigenvalue weighted by atomic mass is 32.2. The van der Waals surface area contributed by atoms with E-state index in [1.165, 1.54) is 0 Å². The van der Waals surface area contributed by atoms with Gasteiger partial charge in [0.15, 0.2) is 5.96 Å². The smallest absolute Gasteiger partial charge is 0.216 e. The Morgan fingerprint density at radius 3 is 2.43 bits per heavy atom. The molecule has 0 aliphatic heterocycles. The summed E-state index contributed by atoms with van der Waals surface area (Å²) < 4.78 is 27.2.